The van der Waals surface area contributed by atoms with Crippen LogP contribution in [-0.4, -0.2) is 5.11 Å². The first-order valence-electron chi connectivity index (χ1n) is 9.03. The molecular formula is C23H16BrFN2O3. The number of hydrogen-bond donors (Lipinski definition) is 2. The van der Waals surface area contributed by atoms with Crippen molar-refractivity contribution in [3.05, 3.63) is 99.1 Å². The number of rotatable bonds is 4. The first kappa shape index (κ1) is 19.8. The van der Waals surface area contributed by atoms with Gasteiger partial charge in [-0.05, 0) is 42.0 Å². The van der Waals surface area contributed by atoms with Crippen molar-refractivity contribution in [3.63, 3.8) is 0 Å². The lowest BCUT2D eigenvalue weighted by atomic mass is 9.83. The van der Waals surface area contributed by atoms with E-state index in [9.17, 15) is 14.8 Å². The quantitative estimate of drug-likeness (QED) is 0.558. The van der Waals surface area contributed by atoms with Gasteiger partial charge in [-0.3, -0.25) is 0 Å². The summed E-state index contributed by atoms with van der Waals surface area (Å²) >= 11 is 3.47. The van der Waals surface area contributed by atoms with Crippen LogP contribution in [0.4, 0.5) is 4.39 Å². The van der Waals surface area contributed by atoms with E-state index in [-0.39, 0.29) is 29.6 Å². The number of fused-ring (bicyclic) bond motifs is 1. The molecule has 1 aliphatic rings. The number of nitrogens with zero attached hydrogens (tertiary/aromatic N) is 1. The Morgan fingerprint density at radius 3 is 2.73 bits per heavy atom. The van der Waals surface area contributed by atoms with Crippen LogP contribution < -0.4 is 15.2 Å². The molecule has 4 rings (SSSR count). The number of phenolic OH excluding ortho intramolecular Hbond substituents is 1. The number of benzene rings is 3. The topological polar surface area (TPSA) is 88.5 Å². The summed E-state index contributed by atoms with van der Waals surface area (Å²) in [6, 6.07) is 18.4. The van der Waals surface area contributed by atoms with Crippen molar-refractivity contribution in [2.45, 2.75) is 12.5 Å². The van der Waals surface area contributed by atoms with Gasteiger partial charge in [-0.1, -0.05) is 34.1 Å². The molecule has 30 heavy (non-hydrogen) atoms. The summed E-state index contributed by atoms with van der Waals surface area (Å²) in [5, 5.41) is 19.6. The molecule has 0 fully saturated rings. The predicted molar refractivity (Wildman–Crippen MR) is 112 cm³/mol. The highest BCUT2D eigenvalue weighted by Crippen LogP contribution is 2.46. The molecule has 3 aromatic rings. The normalized spacial score (nSPS) is 15.2. The van der Waals surface area contributed by atoms with Crippen molar-refractivity contribution >= 4 is 15.9 Å². The summed E-state index contributed by atoms with van der Waals surface area (Å²) in [6.45, 7) is 0.152. The van der Waals surface area contributed by atoms with Crippen molar-refractivity contribution in [1.29, 1.82) is 5.26 Å². The smallest absolute Gasteiger partial charge is 0.205 e. The fourth-order valence-corrected chi connectivity index (χ4v) is 3.81. The fourth-order valence-electron chi connectivity index (χ4n) is 3.43. The number of phenols is 1. The number of halogens is 2. The van der Waals surface area contributed by atoms with Gasteiger partial charge in [0.25, 0.3) is 0 Å². The summed E-state index contributed by atoms with van der Waals surface area (Å²) in [5.41, 5.74) is 8.29. The lowest BCUT2D eigenvalue weighted by Gasteiger charge is -2.28. The van der Waals surface area contributed by atoms with Gasteiger partial charge in [0.05, 0.1) is 5.92 Å². The number of hydrogen-bond acceptors (Lipinski definition) is 5. The highest BCUT2D eigenvalue weighted by molar-refractivity contribution is 9.10. The van der Waals surface area contributed by atoms with Crippen molar-refractivity contribution in [2.24, 2.45) is 5.73 Å². The Labute approximate surface area is 180 Å². The Morgan fingerprint density at radius 1 is 1.13 bits per heavy atom. The van der Waals surface area contributed by atoms with Gasteiger partial charge < -0.3 is 20.3 Å². The second-order valence-corrected chi connectivity index (χ2v) is 7.66. The summed E-state index contributed by atoms with van der Waals surface area (Å²) in [6.07, 6.45) is 0. The molecule has 0 saturated carbocycles. The molecule has 5 nitrogen and oxygen atoms in total. The molecule has 3 aromatic carbocycles. The SMILES string of the molecule is N#CC1=C(N)Oc2cc(O)ccc2[C@@H]1c1cc(Br)ccc1OCc1cccc(F)c1. The van der Waals surface area contributed by atoms with Gasteiger partial charge in [-0.25, -0.2) is 4.39 Å². The molecule has 0 spiro atoms. The second kappa shape index (κ2) is 8.09. The zero-order chi connectivity index (χ0) is 21.3. The van der Waals surface area contributed by atoms with Crippen LogP contribution in [0, 0.1) is 17.1 Å². The zero-order valence-electron chi connectivity index (χ0n) is 15.6. The average molecular weight is 467 g/mol. The van der Waals surface area contributed by atoms with Crippen LogP contribution in [0.15, 0.2) is 76.6 Å². The molecule has 0 unspecified atom stereocenters. The minimum Gasteiger partial charge on any atom is -0.508 e. The van der Waals surface area contributed by atoms with Gasteiger partial charge in [0, 0.05) is 21.7 Å². The maximum Gasteiger partial charge on any atom is 0.205 e. The van der Waals surface area contributed by atoms with E-state index in [1.807, 2.05) is 12.1 Å². The molecule has 0 saturated heterocycles. The second-order valence-electron chi connectivity index (χ2n) is 6.75. The molecule has 7 heteroatoms. The van der Waals surface area contributed by atoms with E-state index in [1.165, 1.54) is 24.3 Å². The Kier molecular flexibility index (Phi) is 5.34. The first-order valence-corrected chi connectivity index (χ1v) is 9.82. The van der Waals surface area contributed by atoms with Crippen LogP contribution in [-0.2, 0) is 6.61 Å². The summed E-state index contributed by atoms with van der Waals surface area (Å²) in [5.74, 6) is -0.0113. The standard InChI is InChI=1S/C23H16BrFN2O3/c24-14-4-7-20(29-12-13-2-1-3-15(25)8-13)18(9-14)22-17-6-5-16(28)10-21(17)30-23(27)19(22)11-26/h1-10,22,28H,12,27H2/t22-/m1/s1. The molecule has 3 N–H and O–H groups in total. The number of aromatic hydroxyl groups is 1. The summed E-state index contributed by atoms with van der Waals surface area (Å²) in [7, 11) is 0. The van der Waals surface area contributed by atoms with Gasteiger partial charge in [0.15, 0.2) is 0 Å². The number of ether oxygens (including phenoxy) is 2. The van der Waals surface area contributed by atoms with E-state index in [2.05, 4.69) is 22.0 Å². The number of nitrogens with two attached hydrogens (primary N) is 1. The summed E-state index contributed by atoms with van der Waals surface area (Å²) in [4.78, 5) is 0. The molecule has 1 atom stereocenters. The van der Waals surface area contributed by atoms with Gasteiger partial charge in [0.2, 0.25) is 5.88 Å². The van der Waals surface area contributed by atoms with Gasteiger partial charge in [0.1, 0.15) is 41.3 Å². The molecule has 0 aliphatic carbocycles. The lowest BCUT2D eigenvalue weighted by molar-refractivity contribution is 0.301. The Hall–Kier alpha value is -3.50. The largest absolute Gasteiger partial charge is 0.508 e. The van der Waals surface area contributed by atoms with E-state index in [4.69, 9.17) is 15.2 Å². The Bertz CT molecular complexity index is 1200. The molecular weight excluding hydrogens is 451 g/mol. The van der Waals surface area contributed by atoms with Crippen LogP contribution in [0.25, 0.3) is 0 Å². The third kappa shape index (κ3) is 3.82. The third-order valence-corrected chi connectivity index (χ3v) is 5.26. The maximum absolute atomic E-state index is 13.5. The average Bonchev–Trinajstić information content (AvgIpc) is 2.71. The lowest BCUT2D eigenvalue weighted by Crippen LogP contribution is -2.21. The van der Waals surface area contributed by atoms with E-state index in [1.54, 1.807) is 24.3 Å². The number of nitriles is 1. The Morgan fingerprint density at radius 2 is 1.97 bits per heavy atom. The van der Waals surface area contributed by atoms with Gasteiger partial charge in [-0.15, -0.1) is 0 Å². The van der Waals surface area contributed by atoms with Gasteiger partial charge >= 0.3 is 0 Å². The van der Waals surface area contributed by atoms with E-state index < -0.39 is 5.92 Å². The van der Waals surface area contributed by atoms with Crippen molar-refractivity contribution in [1.82, 2.24) is 0 Å². The monoisotopic (exact) mass is 466 g/mol. The molecule has 0 bridgehead atoms. The molecule has 150 valence electrons. The highest BCUT2D eigenvalue weighted by atomic mass is 79.9. The van der Waals surface area contributed by atoms with Crippen LogP contribution >= 0.6 is 15.9 Å². The van der Waals surface area contributed by atoms with E-state index in [0.29, 0.717) is 28.2 Å². The fraction of sp³-hybridized carbons (Fsp3) is 0.0870. The van der Waals surface area contributed by atoms with Gasteiger partial charge in [-0.2, -0.15) is 5.26 Å². The summed E-state index contributed by atoms with van der Waals surface area (Å²) < 4.78 is 25.9. The molecule has 0 radical (unpaired) electrons. The predicted octanol–water partition coefficient (Wildman–Crippen LogP) is 5.09. The first-order chi connectivity index (χ1) is 14.5. The molecule has 0 amide bonds. The minimum absolute atomic E-state index is 0.0255. The van der Waals surface area contributed by atoms with Crippen molar-refractivity contribution < 1.29 is 19.0 Å². The highest BCUT2D eigenvalue weighted by Gasteiger charge is 2.33. The molecule has 1 heterocycles. The van der Waals surface area contributed by atoms with Crippen molar-refractivity contribution in [3.8, 4) is 23.3 Å². The minimum atomic E-state index is -0.556. The number of allylic oxidation sites excluding steroid dienone is 1. The van der Waals surface area contributed by atoms with Crippen LogP contribution in [0.2, 0.25) is 0 Å². The maximum atomic E-state index is 13.5. The van der Waals surface area contributed by atoms with Crippen molar-refractivity contribution in [2.75, 3.05) is 0 Å². The van der Waals surface area contributed by atoms with Crippen LogP contribution in [0.3, 0.4) is 0 Å². The van der Waals surface area contributed by atoms with Crippen LogP contribution in [0.1, 0.15) is 22.6 Å². The van der Waals surface area contributed by atoms with Crippen LogP contribution in [0.5, 0.6) is 17.2 Å². The van der Waals surface area contributed by atoms with E-state index >= 15 is 0 Å². The third-order valence-electron chi connectivity index (χ3n) is 4.77. The Balaban J connectivity index is 1.79. The zero-order valence-corrected chi connectivity index (χ0v) is 17.2. The van der Waals surface area contributed by atoms with E-state index in [0.717, 1.165) is 4.47 Å². The molecule has 0 aromatic heterocycles. The molecule has 1 aliphatic heterocycles.